The van der Waals surface area contributed by atoms with E-state index in [2.05, 4.69) is 9.71 Å². The van der Waals surface area contributed by atoms with Crippen molar-refractivity contribution in [3.63, 3.8) is 0 Å². The molecule has 0 aliphatic heterocycles. The maximum absolute atomic E-state index is 13.1. The normalized spacial score (nSPS) is 14.3. The summed E-state index contributed by atoms with van der Waals surface area (Å²) in [6.07, 6.45) is 1.35. The largest absolute Gasteiger partial charge is 0.494 e. The molecule has 8 nitrogen and oxygen atoms in total. The number of rotatable bonds is 7. The summed E-state index contributed by atoms with van der Waals surface area (Å²) in [5.74, 6) is -0.937. The fourth-order valence-corrected chi connectivity index (χ4v) is 4.44. The first-order valence-electron chi connectivity index (χ1n) is 10.3. The Morgan fingerprint density at radius 2 is 1.71 bits per heavy atom. The number of carbonyl (C=O) groups is 2. The molecule has 3 aromatic carbocycles. The van der Waals surface area contributed by atoms with Gasteiger partial charge in [-0.25, -0.2) is 4.79 Å². The number of nitrogens with zero attached hydrogens (tertiary/aromatic N) is 1. The van der Waals surface area contributed by atoms with Crippen LogP contribution in [0.4, 0.5) is 5.69 Å². The van der Waals surface area contributed by atoms with Crippen molar-refractivity contribution in [2.75, 3.05) is 11.9 Å². The van der Waals surface area contributed by atoms with Gasteiger partial charge in [0, 0.05) is 16.8 Å². The van der Waals surface area contributed by atoms with E-state index in [0.717, 1.165) is 0 Å². The van der Waals surface area contributed by atoms with Crippen molar-refractivity contribution in [1.29, 1.82) is 0 Å². The van der Waals surface area contributed by atoms with Crippen molar-refractivity contribution in [2.24, 2.45) is 4.40 Å². The zero-order chi connectivity index (χ0) is 24.3. The number of nitrogens with one attached hydrogen (secondary N) is 1. The van der Waals surface area contributed by atoms with E-state index in [1.54, 1.807) is 48.5 Å². The Morgan fingerprint density at radius 3 is 2.38 bits per heavy atom. The van der Waals surface area contributed by atoms with Crippen LogP contribution < -0.4 is 10.1 Å². The van der Waals surface area contributed by atoms with E-state index >= 15 is 0 Å². The number of ketones is 1. The predicted molar refractivity (Wildman–Crippen MR) is 127 cm³/mol. The quantitative estimate of drug-likeness (QED) is 0.525. The zero-order valence-electron chi connectivity index (χ0n) is 18.1. The molecule has 172 valence electrons. The third kappa shape index (κ3) is 4.74. The molecule has 0 radical (unpaired) electrons. The molecule has 1 aliphatic carbocycles. The highest BCUT2D eigenvalue weighted by Gasteiger charge is 2.26. The van der Waals surface area contributed by atoms with E-state index in [1.165, 1.54) is 30.3 Å². The Balaban J connectivity index is 1.75. The average Bonchev–Trinajstić information content (AvgIpc) is 2.83. The Hall–Kier alpha value is -4.24. The van der Waals surface area contributed by atoms with Crippen LogP contribution in [0.3, 0.4) is 0 Å². The van der Waals surface area contributed by atoms with Crippen molar-refractivity contribution in [3.8, 4) is 5.75 Å². The van der Waals surface area contributed by atoms with Gasteiger partial charge in [-0.3, -0.25) is 4.79 Å². The summed E-state index contributed by atoms with van der Waals surface area (Å²) in [5.41, 5.74) is 1.23. The van der Waals surface area contributed by atoms with Gasteiger partial charge in [0.1, 0.15) is 5.75 Å². The number of carbonyl (C=O) groups excluding carboxylic acids is 1. The maximum Gasteiger partial charge on any atom is 0.335 e. The summed E-state index contributed by atoms with van der Waals surface area (Å²) in [6, 6.07) is 18.4. The predicted octanol–water partition coefficient (Wildman–Crippen LogP) is 4.15. The number of carboxylic acid groups (broad SMARTS) is 1. The van der Waals surface area contributed by atoms with E-state index in [9.17, 15) is 23.1 Å². The standard InChI is InChI=1S/C25H20N2O6S/c1-2-33-18-10-12-19(13-11-18)34(31,32)27-22-15-23(24(28)21-9-4-3-8-20(21)22)26-17-7-5-6-16(14-17)25(29)30/h3-15,26H,2H2,1H3,(H,29,30)/b27-22+. The van der Waals surface area contributed by atoms with E-state index in [4.69, 9.17) is 4.74 Å². The molecule has 34 heavy (non-hydrogen) atoms. The molecular formula is C25H20N2O6S. The lowest BCUT2D eigenvalue weighted by atomic mass is 9.92. The van der Waals surface area contributed by atoms with Gasteiger partial charge in [-0.1, -0.05) is 30.3 Å². The third-order valence-corrected chi connectivity index (χ3v) is 6.32. The van der Waals surface area contributed by atoms with Gasteiger partial charge >= 0.3 is 5.97 Å². The van der Waals surface area contributed by atoms with Gasteiger partial charge in [0.25, 0.3) is 10.0 Å². The van der Waals surface area contributed by atoms with Crippen LogP contribution in [-0.4, -0.2) is 37.6 Å². The number of Topliss-reactive ketones (excluding diaryl/α,β-unsaturated/α-hetero) is 1. The fraction of sp³-hybridized carbons (Fsp3) is 0.0800. The number of sulfonamides is 1. The summed E-state index contributed by atoms with van der Waals surface area (Å²) in [5, 5.41) is 12.1. The number of allylic oxidation sites excluding steroid dienone is 2. The highest BCUT2D eigenvalue weighted by molar-refractivity contribution is 7.90. The second-order valence-electron chi connectivity index (χ2n) is 7.30. The lowest BCUT2D eigenvalue weighted by Gasteiger charge is -2.19. The monoisotopic (exact) mass is 476 g/mol. The first-order valence-corrected chi connectivity index (χ1v) is 11.8. The molecule has 0 heterocycles. The van der Waals surface area contributed by atoms with E-state index in [0.29, 0.717) is 23.6 Å². The van der Waals surface area contributed by atoms with Crippen LogP contribution in [0, 0.1) is 0 Å². The number of ether oxygens (including phenoxy) is 1. The van der Waals surface area contributed by atoms with Crippen LogP contribution in [-0.2, 0) is 10.0 Å². The Morgan fingerprint density at radius 1 is 1.00 bits per heavy atom. The average molecular weight is 477 g/mol. The molecule has 3 aromatic rings. The SMILES string of the molecule is CCOc1ccc(S(=O)(=O)/N=C2\C=C(Nc3cccc(C(=O)O)c3)C(=O)c3ccccc32)cc1. The van der Waals surface area contributed by atoms with Crippen molar-refractivity contribution < 1.29 is 27.9 Å². The summed E-state index contributed by atoms with van der Waals surface area (Å²) in [7, 11) is -4.10. The molecule has 0 fully saturated rings. The van der Waals surface area contributed by atoms with Crippen LogP contribution in [0.15, 0.2) is 93.9 Å². The number of benzene rings is 3. The van der Waals surface area contributed by atoms with Gasteiger partial charge in [-0.15, -0.1) is 0 Å². The van der Waals surface area contributed by atoms with Crippen LogP contribution >= 0.6 is 0 Å². The Labute approximate surface area is 196 Å². The summed E-state index contributed by atoms with van der Waals surface area (Å²) in [4.78, 5) is 24.3. The van der Waals surface area contributed by atoms with Gasteiger partial charge in [0.05, 0.1) is 28.5 Å². The lowest BCUT2D eigenvalue weighted by molar-refractivity contribution is 0.0696. The number of hydrogen-bond acceptors (Lipinski definition) is 6. The van der Waals surface area contributed by atoms with Crippen molar-refractivity contribution in [2.45, 2.75) is 11.8 Å². The molecular weight excluding hydrogens is 456 g/mol. The van der Waals surface area contributed by atoms with Gasteiger partial charge < -0.3 is 15.2 Å². The molecule has 2 N–H and O–H groups in total. The number of anilines is 1. The molecule has 9 heteroatoms. The molecule has 0 unspecified atom stereocenters. The summed E-state index contributed by atoms with van der Waals surface area (Å²) >= 11 is 0. The Bertz CT molecular complexity index is 1440. The summed E-state index contributed by atoms with van der Waals surface area (Å²) in [6.45, 7) is 2.28. The molecule has 0 amide bonds. The molecule has 0 saturated carbocycles. The van der Waals surface area contributed by atoms with Crippen molar-refractivity contribution >= 4 is 33.2 Å². The molecule has 0 saturated heterocycles. The number of aromatic carboxylic acids is 1. The molecule has 0 aromatic heterocycles. The third-order valence-electron chi connectivity index (χ3n) is 5.01. The maximum atomic E-state index is 13.1. The highest BCUT2D eigenvalue weighted by atomic mass is 32.2. The van der Waals surface area contributed by atoms with E-state index < -0.39 is 16.0 Å². The second-order valence-corrected chi connectivity index (χ2v) is 8.90. The van der Waals surface area contributed by atoms with Gasteiger partial charge in [0.2, 0.25) is 5.78 Å². The van der Waals surface area contributed by atoms with E-state index in [-0.39, 0.29) is 33.2 Å². The number of fused-ring (bicyclic) bond motifs is 1. The Kier molecular flexibility index (Phi) is 6.29. The number of hydrogen-bond donors (Lipinski definition) is 2. The zero-order valence-corrected chi connectivity index (χ0v) is 18.9. The van der Waals surface area contributed by atoms with Gasteiger partial charge in [-0.2, -0.15) is 12.8 Å². The van der Waals surface area contributed by atoms with Crippen LogP contribution in [0.25, 0.3) is 0 Å². The topological polar surface area (TPSA) is 122 Å². The van der Waals surface area contributed by atoms with Gasteiger partial charge in [0.15, 0.2) is 0 Å². The first-order chi connectivity index (χ1) is 16.3. The van der Waals surface area contributed by atoms with Crippen LogP contribution in [0.5, 0.6) is 5.75 Å². The molecule has 0 atom stereocenters. The fourth-order valence-electron chi connectivity index (χ4n) is 3.44. The van der Waals surface area contributed by atoms with Crippen molar-refractivity contribution in [1.82, 2.24) is 0 Å². The van der Waals surface area contributed by atoms with Gasteiger partial charge in [-0.05, 0) is 55.5 Å². The molecule has 1 aliphatic rings. The molecule has 0 bridgehead atoms. The lowest BCUT2D eigenvalue weighted by Crippen LogP contribution is -2.22. The van der Waals surface area contributed by atoms with Crippen LogP contribution in [0.1, 0.15) is 33.2 Å². The molecule has 4 rings (SSSR count). The first kappa shape index (κ1) is 22.9. The minimum atomic E-state index is -4.10. The smallest absolute Gasteiger partial charge is 0.335 e. The minimum Gasteiger partial charge on any atom is -0.494 e. The summed E-state index contributed by atoms with van der Waals surface area (Å²) < 4.78 is 35.4. The van der Waals surface area contributed by atoms with Crippen LogP contribution in [0.2, 0.25) is 0 Å². The second kappa shape index (κ2) is 9.32. The number of carboxylic acids is 1. The van der Waals surface area contributed by atoms with E-state index in [1.807, 2.05) is 6.92 Å². The molecule has 0 spiro atoms. The minimum absolute atomic E-state index is 0.0186. The van der Waals surface area contributed by atoms with Crippen molar-refractivity contribution in [3.05, 3.63) is 101 Å². The highest BCUT2D eigenvalue weighted by Crippen LogP contribution is 2.26.